The standard InChI is InChI=1S/C23H29N5O2/c1-26(2)14-19-15-27(10-11-30-16-19)23(29)20-12-21-22(24-13-20)28(17-25-21)9-8-18-6-4-3-5-7-18/h3-7,12-13,17,19H,8-11,14-16H2,1-2H3. The van der Waals surface area contributed by atoms with E-state index < -0.39 is 0 Å². The molecule has 7 nitrogen and oxygen atoms in total. The molecule has 2 aromatic heterocycles. The predicted molar refractivity (Wildman–Crippen MR) is 116 cm³/mol. The minimum Gasteiger partial charge on any atom is -0.379 e. The Labute approximate surface area is 177 Å². The van der Waals surface area contributed by atoms with Crippen LogP contribution >= 0.6 is 0 Å². The highest BCUT2D eigenvalue weighted by Crippen LogP contribution is 2.17. The summed E-state index contributed by atoms with van der Waals surface area (Å²) in [6.07, 6.45) is 4.40. The molecule has 0 radical (unpaired) electrons. The van der Waals surface area contributed by atoms with Crippen LogP contribution in [0.4, 0.5) is 0 Å². The van der Waals surface area contributed by atoms with Crippen LogP contribution in [-0.4, -0.2) is 77.2 Å². The van der Waals surface area contributed by atoms with Gasteiger partial charge in [0.15, 0.2) is 5.65 Å². The lowest BCUT2D eigenvalue weighted by Gasteiger charge is -2.25. The number of hydrogen-bond acceptors (Lipinski definition) is 5. The van der Waals surface area contributed by atoms with Crippen LogP contribution in [0.3, 0.4) is 0 Å². The van der Waals surface area contributed by atoms with Gasteiger partial charge in [-0.25, -0.2) is 9.97 Å². The highest BCUT2D eigenvalue weighted by atomic mass is 16.5. The molecular formula is C23H29N5O2. The van der Waals surface area contributed by atoms with Crippen molar-refractivity contribution in [2.75, 3.05) is 46.9 Å². The number of rotatable bonds is 6. The lowest BCUT2D eigenvalue weighted by atomic mass is 10.1. The van der Waals surface area contributed by atoms with Crippen LogP contribution < -0.4 is 0 Å². The van der Waals surface area contributed by atoms with Crippen molar-refractivity contribution in [2.45, 2.75) is 13.0 Å². The molecule has 1 saturated heterocycles. The average Bonchev–Trinajstić information content (AvgIpc) is 3.01. The summed E-state index contributed by atoms with van der Waals surface area (Å²) in [7, 11) is 4.09. The maximum absolute atomic E-state index is 13.1. The van der Waals surface area contributed by atoms with Crippen molar-refractivity contribution in [3.8, 4) is 0 Å². The molecule has 1 fully saturated rings. The summed E-state index contributed by atoms with van der Waals surface area (Å²) in [4.78, 5) is 26.2. The minimum atomic E-state index is -0.00232. The largest absolute Gasteiger partial charge is 0.379 e. The number of ether oxygens (including phenoxy) is 1. The SMILES string of the molecule is CN(C)CC1COCCN(C(=O)c2cnc3c(c2)ncn3CCc2ccccc2)C1. The van der Waals surface area contributed by atoms with Gasteiger partial charge in [-0.15, -0.1) is 0 Å². The third-order valence-corrected chi connectivity index (χ3v) is 5.43. The molecule has 1 atom stereocenters. The van der Waals surface area contributed by atoms with Gasteiger partial charge in [-0.1, -0.05) is 30.3 Å². The van der Waals surface area contributed by atoms with Crippen molar-refractivity contribution >= 4 is 17.1 Å². The Hall–Kier alpha value is -2.77. The maximum Gasteiger partial charge on any atom is 0.255 e. The highest BCUT2D eigenvalue weighted by molar-refractivity contribution is 5.96. The Bertz CT molecular complexity index is 986. The second-order valence-corrected chi connectivity index (χ2v) is 8.19. The van der Waals surface area contributed by atoms with E-state index in [-0.39, 0.29) is 5.91 Å². The molecule has 7 heteroatoms. The molecule has 0 bridgehead atoms. The minimum absolute atomic E-state index is 0.00232. The summed E-state index contributed by atoms with van der Waals surface area (Å²) in [5.74, 6) is 0.304. The van der Waals surface area contributed by atoms with Gasteiger partial charge in [-0.3, -0.25) is 4.79 Å². The quantitative estimate of drug-likeness (QED) is 0.628. The summed E-state index contributed by atoms with van der Waals surface area (Å²) in [6, 6.07) is 12.2. The normalized spacial score (nSPS) is 17.4. The Balaban J connectivity index is 1.47. The van der Waals surface area contributed by atoms with Crippen molar-refractivity contribution in [2.24, 2.45) is 5.92 Å². The van der Waals surface area contributed by atoms with E-state index in [1.807, 2.05) is 42.0 Å². The second kappa shape index (κ2) is 9.36. The number of imidazole rings is 1. The first-order valence-corrected chi connectivity index (χ1v) is 10.5. The number of nitrogens with zero attached hydrogens (tertiary/aromatic N) is 5. The van der Waals surface area contributed by atoms with E-state index >= 15 is 0 Å². The van der Waals surface area contributed by atoms with Gasteiger partial charge in [0, 0.05) is 38.3 Å². The van der Waals surface area contributed by atoms with Crippen molar-refractivity contribution in [1.29, 1.82) is 0 Å². The zero-order valence-corrected chi connectivity index (χ0v) is 17.7. The van der Waals surface area contributed by atoms with Crippen LogP contribution in [0.15, 0.2) is 48.9 Å². The van der Waals surface area contributed by atoms with Gasteiger partial charge in [0.2, 0.25) is 0 Å². The number of carbonyl (C=O) groups is 1. The molecule has 3 heterocycles. The fourth-order valence-electron chi connectivity index (χ4n) is 4.00. The van der Waals surface area contributed by atoms with Gasteiger partial charge < -0.3 is 19.1 Å². The zero-order chi connectivity index (χ0) is 20.9. The lowest BCUT2D eigenvalue weighted by Crippen LogP contribution is -2.38. The average molecular weight is 408 g/mol. The fraction of sp³-hybridized carbons (Fsp3) is 0.435. The van der Waals surface area contributed by atoms with E-state index in [1.54, 1.807) is 6.20 Å². The number of hydrogen-bond donors (Lipinski definition) is 0. The number of aryl methyl sites for hydroxylation is 2. The molecule has 30 heavy (non-hydrogen) atoms. The number of fused-ring (bicyclic) bond motifs is 1. The van der Waals surface area contributed by atoms with Crippen molar-refractivity contribution in [3.63, 3.8) is 0 Å². The van der Waals surface area contributed by atoms with Gasteiger partial charge in [-0.05, 0) is 32.1 Å². The van der Waals surface area contributed by atoms with Crippen LogP contribution in [-0.2, 0) is 17.7 Å². The Morgan fingerprint density at radius 1 is 1.23 bits per heavy atom. The Kier molecular flexibility index (Phi) is 6.40. The molecule has 1 unspecified atom stereocenters. The number of aromatic nitrogens is 3. The summed E-state index contributed by atoms with van der Waals surface area (Å²) >= 11 is 0. The lowest BCUT2D eigenvalue weighted by molar-refractivity contribution is 0.0734. The molecule has 158 valence electrons. The molecule has 3 aromatic rings. The molecule has 1 aliphatic rings. The number of carbonyl (C=O) groups excluding carboxylic acids is 1. The van der Waals surface area contributed by atoms with Crippen LogP contribution in [0.5, 0.6) is 0 Å². The van der Waals surface area contributed by atoms with Crippen molar-refractivity contribution < 1.29 is 9.53 Å². The first kappa shape index (κ1) is 20.5. The molecule has 0 N–H and O–H groups in total. The molecule has 1 aromatic carbocycles. The van der Waals surface area contributed by atoms with E-state index in [4.69, 9.17) is 4.74 Å². The molecule has 0 spiro atoms. The molecule has 4 rings (SSSR count). The van der Waals surface area contributed by atoms with E-state index in [9.17, 15) is 4.79 Å². The van der Waals surface area contributed by atoms with E-state index in [2.05, 4.69) is 39.1 Å². The molecule has 0 aliphatic carbocycles. The third kappa shape index (κ3) is 4.86. The summed E-state index contributed by atoms with van der Waals surface area (Å²) in [5, 5.41) is 0. The first-order valence-electron chi connectivity index (χ1n) is 10.5. The molecule has 1 amide bonds. The van der Waals surface area contributed by atoms with E-state index in [0.29, 0.717) is 37.8 Å². The predicted octanol–water partition coefficient (Wildman–Crippen LogP) is 2.32. The molecule has 0 saturated carbocycles. The van der Waals surface area contributed by atoms with Gasteiger partial charge in [0.05, 0.1) is 25.1 Å². The van der Waals surface area contributed by atoms with Gasteiger partial charge in [0.25, 0.3) is 5.91 Å². The maximum atomic E-state index is 13.1. The Morgan fingerprint density at radius 3 is 2.87 bits per heavy atom. The smallest absolute Gasteiger partial charge is 0.255 e. The first-order chi connectivity index (χ1) is 14.6. The van der Waals surface area contributed by atoms with Gasteiger partial charge in [0.1, 0.15) is 5.52 Å². The van der Waals surface area contributed by atoms with Crippen LogP contribution in [0.1, 0.15) is 15.9 Å². The topological polar surface area (TPSA) is 63.5 Å². The summed E-state index contributed by atoms with van der Waals surface area (Å²) in [6.45, 7) is 4.25. The number of pyridine rings is 1. The van der Waals surface area contributed by atoms with Crippen molar-refractivity contribution in [1.82, 2.24) is 24.3 Å². The zero-order valence-electron chi connectivity index (χ0n) is 17.7. The van der Waals surface area contributed by atoms with Crippen LogP contribution in [0.2, 0.25) is 0 Å². The molecule has 1 aliphatic heterocycles. The van der Waals surface area contributed by atoms with E-state index in [0.717, 1.165) is 30.7 Å². The Morgan fingerprint density at radius 2 is 2.07 bits per heavy atom. The van der Waals surface area contributed by atoms with E-state index in [1.165, 1.54) is 5.56 Å². The summed E-state index contributed by atoms with van der Waals surface area (Å²) < 4.78 is 7.75. The molecular weight excluding hydrogens is 378 g/mol. The van der Waals surface area contributed by atoms with Crippen molar-refractivity contribution in [3.05, 3.63) is 60.0 Å². The van der Waals surface area contributed by atoms with Gasteiger partial charge >= 0.3 is 0 Å². The van der Waals surface area contributed by atoms with Gasteiger partial charge in [-0.2, -0.15) is 0 Å². The fourth-order valence-corrected chi connectivity index (χ4v) is 4.00. The number of benzene rings is 1. The van der Waals surface area contributed by atoms with Crippen LogP contribution in [0.25, 0.3) is 11.2 Å². The monoisotopic (exact) mass is 407 g/mol. The highest BCUT2D eigenvalue weighted by Gasteiger charge is 2.24. The third-order valence-electron chi connectivity index (χ3n) is 5.43. The second-order valence-electron chi connectivity index (χ2n) is 8.19. The van der Waals surface area contributed by atoms with Crippen LogP contribution in [0, 0.1) is 5.92 Å². The summed E-state index contributed by atoms with van der Waals surface area (Å²) in [5.41, 5.74) is 3.43. The number of amides is 1.